The second-order valence-corrected chi connectivity index (χ2v) is 11.7. The molecule has 186 valence electrons. The van der Waals surface area contributed by atoms with Gasteiger partial charge in [-0.05, 0) is 45.1 Å². The second kappa shape index (κ2) is 10.3. The minimum Gasteiger partial charge on any atom is -0.466 e. The Balaban J connectivity index is 1.59. The van der Waals surface area contributed by atoms with Crippen LogP contribution in [0.15, 0.2) is 30.3 Å². The molecule has 3 aliphatic rings. The zero-order valence-corrected chi connectivity index (χ0v) is 20.9. The SMILES string of the molecule is CCOC(=O)[C@@H]1[C@H]2C(=O)N(CCCCCCO)C(C(=O)NCc3ccccc3)C23CC[C@@]1(C)S3. The van der Waals surface area contributed by atoms with Gasteiger partial charge in [0.15, 0.2) is 0 Å². The number of hydrogen-bond donors (Lipinski definition) is 2. The number of likely N-dealkylation sites (tertiary alicyclic amines) is 1. The van der Waals surface area contributed by atoms with Gasteiger partial charge in [0.2, 0.25) is 11.8 Å². The Morgan fingerprint density at radius 3 is 2.62 bits per heavy atom. The molecule has 3 aliphatic heterocycles. The summed E-state index contributed by atoms with van der Waals surface area (Å²) in [6.45, 7) is 5.16. The molecule has 2 amide bonds. The van der Waals surface area contributed by atoms with Crippen molar-refractivity contribution in [2.45, 2.75) is 74.5 Å². The average molecular weight is 489 g/mol. The summed E-state index contributed by atoms with van der Waals surface area (Å²) in [6.07, 6.45) is 4.80. The molecule has 1 aromatic carbocycles. The fourth-order valence-electron chi connectivity index (χ4n) is 6.19. The minimum atomic E-state index is -0.602. The molecular weight excluding hydrogens is 452 g/mol. The van der Waals surface area contributed by atoms with Gasteiger partial charge < -0.3 is 20.1 Å². The summed E-state index contributed by atoms with van der Waals surface area (Å²) < 4.78 is 4.42. The van der Waals surface area contributed by atoms with E-state index in [0.717, 1.165) is 44.1 Å². The highest BCUT2D eigenvalue weighted by atomic mass is 32.2. The van der Waals surface area contributed by atoms with Crippen molar-refractivity contribution < 1.29 is 24.2 Å². The summed E-state index contributed by atoms with van der Waals surface area (Å²) in [4.78, 5) is 42.3. The molecule has 34 heavy (non-hydrogen) atoms. The van der Waals surface area contributed by atoms with Gasteiger partial charge in [-0.2, -0.15) is 0 Å². The number of hydrogen-bond acceptors (Lipinski definition) is 6. The third kappa shape index (κ3) is 4.35. The van der Waals surface area contributed by atoms with Gasteiger partial charge in [0.05, 0.1) is 23.2 Å². The molecule has 1 spiro atoms. The number of benzene rings is 1. The first-order chi connectivity index (χ1) is 16.4. The number of ether oxygens (including phenoxy) is 1. The maximum absolute atomic E-state index is 13.8. The largest absolute Gasteiger partial charge is 0.466 e. The van der Waals surface area contributed by atoms with Crippen molar-refractivity contribution >= 4 is 29.5 Å². The molecule has 0 saturated carbocycles. The Kier molecular flexibility index (Phi) is 7.57. The highest BCUT2D eigenvalue weighted by molar-refractivity contribution is 8.02. The lowest BCUT2D eigenvalue weighted by molar-refractivity contribution is -0.155. The van der Waals surface area contributed by atoms with Gasteiger partial charge in [0.25, 0.3) is 0 Å². The maximum atomic E-state index is 13.8. The lowest BCUT2D eigenvalue weighted by Crippen LogP contribution is -2.53. The van der Waals surface area contributed by atoms with Gasteiger partial charge >= 0.3 is 5.97 Å². The van der Waals surface area contributed by atoms with Crippen LogP contribution in [0.5, 0.6) is 0 Å². The van der Waals surface area contributed by atoms with Crippen molar-refractivity contribution in [3.63, 3.8) is 0 Å². The third-order valence-electron chi connectivity index (χ3n) is 7.68. The summed E-state index contributed by atoms with van der Waals surface area (Å²) in [5.41, 5.74) is 1.00. The molecular formula is C26H36N2O5S. The van der Waals surface area contributed by atoms with E-state index in [1.807, 2.05) is 30.3 Å². The molecule has 5 atom stereocenters. The van der Waals surface area contributed by atoms with Gasteiger partial charge in [-0.15, -0.1) is 11.8 Å². The summed E-state index contributed by atoms with van der Waals surface area (Å²) >= 11 is 1.67. The van der Waals surface area contributed by atoms with Crippen LogP contribution in [0.1, 0.15) is 57.9 Å². The number of nitrogens with zero attached hydrogens (tertiary/aromatic N) is 1. The second-order valence-electron chi connectivity index (χ2n) is 9.85. The van der Waals surface area contributed by atoms with Crippen LogP contribution in [0.4, 0.5) is 0 Å². The van der Waals surface area contributed by atoms with Gasteiger partial charge in [-0.3, -0.25) is 14.4 Å². The van der Waals surface area contributed by atoms with Crippen molar-refractivity contribution in [1.82, 2.24) is 10.2 Å². The van der Waals surface area contributed by atoms with Gasteiger partial charge in [-0.1, -0.05) is 43.2 Å². The summed E-state index contributed by atoms with van der Waals surface area (Å²) in [5, 5.41) is 12.1. The molecule has 3 saturated heterocycles. The predicted octanol–water partition coefficient (Wildman–Crippen LogP) is 2.90. The van der Waals surface area contributed by atoms with E-state index in [4.69, 9.17) is 9.84 Å². The molecule has 2 N–H and O–H groups in total. The molecule has 0 radical (unpaired) electrons. The number of aliphatic hydroxyl groups excluding tert-OH is 1. The number of nitrogens with one attached hydrogen (secondary N) is 1. The molecule has 3 heterocycles. The van der Waals surface area contributed by atoms with Crippen LogP contribution in [0.2, 0.25) is 0 Å². The van der Waals surface area contributed by atoms with E-state index >= 15 is 0 Å². The molecule has 3 fully saturated rings. The van der Waals surface area contributed by atoms with Gasteiger partial charge in [-0.25, -0.2) is 0 Å². The van der Waals surface area contributed by atoms with E-state index in [1.54, 1.807) is 23.6 Å². The molecule has 1 aromatic rings. The molecule has 8 heteroatoms. The predicted molar refractivity (Wildman–Crippen MR) is 131 cm³/mol. The maximum Gasteiger partial charge on any atom is 0.311 e. The van der Waals surface area contributed by atoms with Gasteiger partial charge in [0.1, 0.15) is 6.04 Å². The number of aliphatic hydroxyl groups is 1. The smallest absolute Gasteiger partial charge is 0.311 e. The van der Waals surface area contributed by atoms with Crippen LogP contribution in [-0.2, 0) is 25.7 Å². The molecule has 4 rings (SSSR count). The normalized spacial score (nSPS) is 31.6. The van der Waals surface area contributed by atoms with Gasteiger partial charge in [0, 0.05) is 24.4 Å². The van der Waals surface area contributed by atoms with Crippen molar-refractivity contribution in [3.8, 4) is 0 Å². The number of thioether (sulfide) groups is 1. The standard InChI is InChI=1S/C26H36N2O5S/c1-3-33-24(32)20-19-23(31)28(15-9-4-5-10-16-29)21(26(19)14-13-25(20,2)34-26)22(30)27-17-18-11-7-6-8-12-18/h6-8,11-12,19-21,29H,3-5,9-10,13-17H2,1-2H3,(H,27,30)/t19-,20-,21?,25+,26?/m0/s1. The van der Waals surface area contributed by atoms with Crippen LogP contribution < -0.4 is 5.32 Å². The summed E-state index contributed by atoms with van der Waals surface area (Å²) in [5.74, 6) is -1.60. The summed E-state index contributed by atoms with van der Waals surface area (Å²) in [6, 6.07) is 9.15. The topological polar surface area (TPSA) is 95.9 Å². The number of fused-ring (bicyclic) bond motifs is 1. The van der Waals surface area contributed by atoms with Crippen molar-refractivity contribution in [2.75, 3.05) is 19.8 Å². The number of rotatable bonds is 11. The van der Waals surface area contributed by atoms with Crippen LogP contribution in [0.3, 0.4) is 0 Å². The van der Waals surface area contributed by atoms with Crippen LogP contribution in [0, 0.1) is 11.8 Å². The minimum absolute atomic E-state index is 0.0870. The van der Waals surface area contributed by atoms with E-state index < -0.39 is 27.4 Å². The highest BCUT2D eigenvalue weighted by Crippen LogP contribution is 2.71. The Hall–Kier alpha value is -2.06. The van der Waals surface area contributed by atoms with E-state index in [2.05, 4.69) is 12.2 Å². The zero-order chi connectivity index (χ0) is 24.3. The Bertz CT molecular complexity index is 912. The monoisotopic (exact) mass is 488 g/mol. The van der Waals surface area contributed by atoms with Crippen molar-refractivity contribution in [2.24, 2.45) is 11.8 Å². The molecule has 0 aliphatic carbocycles. The van der Waals surface area contributed by atoms with Crippen molar-refractivity contribution in [1.29, 1.82) is 0 Å². The zero-order valence-electron chi connectivity index (χ0n) is 20.1. The van der Waals surface area contributed by atoms with Crippen LogP contribution in [0.25, 0.3) is 0 Å². The van der Waals surface area contributed by atoms with Crippen LogP contribution in [-0.4, -0.2) is 63.1 Å². The molecule has 2 unspecified atom stereocenters. The summed E-state index contributed by atoms with van der Waals surface area (Å²) in [7, 11) is 0. The number of esters is 1. The van der Waals surface area contributed by atoms with Crippen LogP contribution >= 0.6 is 11.8 Å². The number of carbonyl (C=O) groups excluding carboxylic acids is 3. The quantitative estimate of drug-likeness (QED) is 0.367. The highest BCUT2D eigenvalue weighted by Gasteiger charge is 2.77. The number of amides is 2. The van der Waals surface area contributed by atoms with E-state index in [9.17, 15) is 14.4 Å². The number of unbranched alkanes of at least 4 members (excludes halogenated alkanes) is 3. The third-order valence-corrected chi connectivity index (χ3v) is 9.67. The molecule has 0 aromatic heterocycles. The lowest BCUT2D eigenvalue weighted by Gasteiger charge is -2.34. The average Bonchev–Trinajstić information content (AvgIpc) is 3.39. The Morgan fingerprint density at radius 1 is 1.18 bits per heavy atom. The van der Waals surface area contributed by atoms with E-state index in [0.29, 0.717) is 13.1 Å². The van der Waals surface area contributed by atoms with E-state index in [1.165, 1.54) is 0 Å². The Labute approximate surface area is 206 Å². The first-order valence-electron chi connectivity index (χ1n) is 12.5. The first-order valence-corrected chi connectivity index (χ1v) is 13.3. The fraction of sp³-hybridized carbons (Fsp3) is 0.654. The van der Waals surface area contributed by atoms with E-state index in [-0.39, 0.29) is 31.0 Å². The first kappa shape index (κ1) is 25.0. The molecule has 7 nitrogen and oxygen atoms in total. The molecule has 2 bridgehead atoms. The Morgan fingerprint density at radius 2 is 1.91 bits per heavy atom. The van der Waals surface area contributed by atoms with Crippen molar-refractivity contribution in [3.05, 3.63) is 35.9 Å². The lowest BCUT2D eigenvalue weighted by atomic mass is 9.66. The fourth-order valence-corrected chi connectivity index (χ4v) is 8.53. The number of carbonyl (C=O) groups is 3.